The predicted octanol–water partition coefficient (Wildman–Crippen LogP) is 4.71. The first kappa shape index (κ1) is 15.4. The minimum atomic E-state index is -0.361. The Bertz CT molecular complexity index is 1100. The van der Waals surface area contributed by atoms with Gasteiger partial charge in [0.05, 0.1) is 16.0 Å². The minimum absolute atomic E-state index is 0.0824. The van der Waals surface area contributed by atoms with Gasteiger partial charge >= 0.3 is 0 Å². The second-order valence-electron chi connectivity index (χ2n) is 6.19. The van der Waals surface area contributed by atoms with Crippen molar-refractivity contribution < 1.29 is 4.92 Å². The Morgan fingerprint density at radius 2 is 1.60 bits per heavy atom. The summed E-state index contributed by atoms with van der Waals surface area (Å²) in [6.07, 6.45) is 0. The molecule has 0 aliphatic rings. The maximum absolute atomic E-state index is 11.2. The van der Waals surface area contributed by atoms with Gasteiger partial charge in [0.1, 0.15) is 0 Å². The van der Waals surface area contributed by atoms with Crippen LogP contribution in [0, 0.1) is 10.1 Å². The first-order chi connectivity index (χ1) is 12.1. The fraction of sp³-hybridized carbons (Fsp3) is 0.100. The summed E-state index contributed by atoms with van der Waals surface area (Å²) in [6.45, 7) is 1.95. The van der Waals surface area contributed by atoms with Gasteiger partial charge in [-0.1, -0.05) is 30.3 Å². The molecule has 124 valence electrons. The first-order valence-corrected chi connectivity index (χ1v) is 8.10. The highest BCUT2D eigenvalue weighted by atomic mass is 16.6. The van der Waals surface area contributed by atoms with E-state index in [1.54, 1.807) is 12.1 Å². The van der Waals surface area contributed by atoms with Crippen LogP contribution < -0.4 is 5.73 Å². The van der Waals surface area contributed by atoms with Crippen molar-refractivity contribution in [1.29, 1.82) is 0 Å². The molecule has 25 heavy (non-hydrogen) atoms. The molecule has 0 fully saturated rings. The Hall–Kier alpha value is -3.18. The zero-order valence-electron chi connectivity index (χ0n) is 13.7. The molecule has 3 aromatic carbocycles. The number of rotatable bonds is 3. The highest BCUT2D eigenvalue weighted by molar-refractivity contribution is 6.10. The van der Waals surface area contributed by atoms with Gasteiger partial charge in [-0.15, -0.1) is 0 Å². The molecule has 0 bridgehead atoms. The van der Waals surface area contributed by atoms with Crippen LogP contribution in [0.1, 0.15) is 18.5 Å². The number of nitrogens with zero attached hydrogens (tertiary/aromatic N) is 2. The van der Waals surface area contributed by atoms with E-state index in [0.717, 1.165) is 33.1 Å². The molecular formula is C20H17N3O2. The molecule has 0 spiro atoms. The number of fused-ring (bicyclic) bond motifs is 3. The van der Waals surface area contributed by atoms with E-state index in [9.17, 15) is 10.1 Å². The van der Waals surface area contributed by atoms with Crippen LogP contribution in [0.2, 0.25) is 0 Å². The molecule has 4 rings (SSSR count). The number of nitro benzene ring substituents is 1. The fourth-order valence-corrected chi connectivity index (χ4v) is 3.28. The number of non-ortho nitro benzene ring substituents is 1. The minimum Gasteiger partial charge on any atom is -0.324 e. The van der Waals surface area contributed by atoms with Crippen LogP contribution in [0.4, 0.5) is 5.69 Å². The Balaban J connectivity index is 2.16. The van der Waals surface area contributed by atoms with Crippen LogP contribution in [0.15, 0.2) is 66.7 Å². The second-order valence-corrected chi connectivity index (χ2v) is 6.19. The van der Waals surface area contributed by atoms with Crippen LogP contribution in [-0.2, 0) is 0 Å². The molecule has 1 unspecified atom stereocenters. The molecule has 0 aliphatic heterocycles. The van der Waals surface area contributed by atoms with Gasteiger partial charge in [0.25, 0.3) is 5.69 Å². The number of nitro groups is 1. The number of aromatic nitrogens is 1. The summed E-state index contributed by atoms with van der Waals surface area (Å²) in [4.78, 5) is 10.9. The van der Waals surface area contributed by atoms with Gasteiger partial charge in [0, 0.05) is 34.6 Å². The zero-order valence-corrected chi connectivity index (χ0v) is 13.7. The third kappa shape index (κ3) is 2.45. The van der Waals surface area contributed by atoms with Crippen molar-refractivity contribution in [2.45, 2.75) is 13.0 Å². The molecule has 0 saturated carbocycles. The van der Waals surface area contributed by atoms with Crippen LogP contribution in [0.25, 0.3) is 27.5 Å². The Morgan fingerprint density at radius 1 is 0.960 bits per heavy atom. The number of hydrogen-bond donors (Lipinski definition) is 1. The Morgan fingerprint density at radius 3 is 2.24 bits per heavy atom. The van der Waals surface area contributed by atoms with Crippen LogP contribution in [0.3, 0.4) is 0 Å². The van der Waals surface area contributed by atoms with Gasteiger partial charge in [0.2, 0.25) is 0 Å². The summed E-state index contributed by atoms with van der Waals surface area (Å²) >= 11 is 0. The third-order valence-electron chi connectivity index (χ3n) is 4.53. The molecular weight excluding hydrogens is 314 g/mol. The summed E-state index contributed by atoms with van der Waals surface area (Å²) < 4.78 is 2.06. The molecule has 2 N–H and O–H groups in total. The highest BCUT2D eigenvalue weighted by Crippen LogP contribution is 2.35. The highest BCUT2D eigenvalue weighted by Gasteiger charge is 2.16. The quantitative estimate of drug-likeness (QED) is 0.436. The average molecular weight is 331 g/mol. The lowest BCUT2D eigenvalue weighted by atomic mass is 10.1. The van der Waals surface area contributed by atoms with Crippen LogP contribution in [-0.4, -0.2) is 9.49 Å². The molecule has 4 aromatic rings. The van der Waals surface area contributed by atoms with Crippen molar-refractivity contribution in [1.82, 2.24) is 4.57 Å². The molecule has 0 aliphatic carbocycles. The van der Waals surface area contributed by atoms with Crippen molar-refractivity contribution in [2.24, 2.45) is 5.73 Å². The predicted molar refractivity (Wildman–Crippen MR) is 100 cm³/mol. The van der Waals surface area contributed by atoms with E-state index >= 15 is 0 Å². The largest absolute Gasteiger partial charge is 0.324 e. The third-order valence-corrected chi connectivity index (χ3v) is 4.53. The topological polar surface area (TPSA) is 74.1 Å². The van der Waals surface area contributed by atoms with E-state index < -0.39 is 0 Å². The van der Waals surface area contributed by atoms with E-state index in [0.29, 0.717) is 0 Å². The van der Waals surface area contributed by atoms with Crippen molar-refractivity contribution in [3.8, 4) is 5.69 Å². The lowest BCUT2D eigenvalue weighted by Crippen LogP contribution is -2.04. The summed E-state index contributed by atoms with van der Waals surface area (Å²) in [5.74, 6) is 0. The number of para-hydroxylation sites is 1. The average Bonchev–Trinajstić information content (AvgIpc) is 2.95. The Kier molecular flexibility index (Phi) is 3.51. The molecule has 1 heterocycles. The molecule has 5 heteroatoms. The van der Waals surface area contributed by atoms with Gasteiger partial charge in [0.15, 0.2) is 0 Å². The zero-order chi connectivity index (χ0) is 17.6. The molecule has 5 nitrogen and oxygen atoms in total. The maximum Gasteiger partial charge on any atom is 0.271 e. The fourth-order valence-electron chi connectivity index (χ4n) is 3.28. The maximum atomic E-state index is 11.2. The normalized spacial score (nSPS) is 12.6. The number of nitrogens with two attached hydrogens (primary N) is 1. The van der Waals surface area contributed by atoms with E-state index in [4.69, 9.17) is 5.73 Å². The SMILES string of the molecule is CC(N)c1ccc2c3ccc([N+](=O)[O-])cc3n(-c3ccccc3)c2c1. The summed E-state index contributed by atoms with van der Waals surface area (Å²) in [7, 11) is 0. The smallest absolute Gasteiger partial charge is 0.271 e. The summed E-state index contributed by atoms with van der Waals surface area (Å²) in [6, 6.07) is 20.9. The van der Waals surface area contributed by atoms with Crippen molar-refractivity contribution in [3.05, 3.63) is 82.4 Å². The van der Waals surface area contributed by atoms with E-state index in [1.807, 2.05) is 55.5 Å². The van der Waals surface area contributed by atoms with E-state index in [2.05, 4.69) is 10.6 Å². The van der Waals surface area contributed by atoms with Gasteiger partial charge in [-0.25, -0.2) is 0 Å². The Labute approximate surface area is 144 Å². The first-order valence-electron chi connectivity index (χ1n) is 8.10. The lowest BCUT2D eigenvalue weighted by molar-refractivity contribution is -0.384. The van der Waals surface area contributed by atoms with Crippen LogP contribution >= 0.6 is 0 Å². The standard InChI is InChI=1S/C20H17N3O2/c1-13(21)14-7-9-17-18-10-8-16(23(24)25)12-20(18)22(19(17)11-14)15-5-3-2-4-6-15/h2-13H,21H2,1H3. The molecule has 1 aromatic heterocycles. The monoisotopic (exact) mass is 331 g/mol. The van der Waals surface area contributed by atoms with Crippen molar-refractivity contribution in [3.63, 3.8) is 0 Å². The van der Waals surface area contributed by atoms with Crippen molar-refractivity contribution >= 4 is 27.5 Å². The molecule has 1 atom stereocenters. The van der Waals surface area contributed by atoms with E-state index in [1.165, 1.54) is 0 Å². The molecule has 0 amide bonds. The molecule has 0 radical (unpaired) electrons. The number of benzene rings is 3. The summed E-state index contributed by atoms with van der Waals surface area (Å²) in [5, 5.41) is 13.3. The molecule has 0 saturated heterocycles. The summed E-state index contributed by atoms with van der Waals surface area (Å²) in [5.41, 5.74) is 9.94. The van der Waals surface area contributed by atoms with Crippen molar-refractivity contribution in [2.75, 3.05) is 0 Å². The lowest BCUT2D eigenvalue weighted by Gasteiger charge is -2.10. The van der Waals surface area contributed by atoms with Gasteiger partial charge in [-0.05, 0) is 36.8 Å². The van der Waals surface area contributed by atoms with Gasteiger partial charge in [-0.2, -0.15) is 0 Å². The van der Waals surface area contributed by atoms with Crippen LogP contribution in [0.5, 0.6) is 0 Å². The van der Waals surface area contributed by atoms with Gasteiger partial charge in [-0.3, -0.25) is 10.1 Å². The second kappa shape index (κ2) is 5.72. The van der Waals surface area contributed by atoms with Gasteiger partial charge < -0.3 is 10.3 Å². The van der Waals surface area contributed by atoms with E-state index in [-0.39, 0.29) is 16.7 Å². The number of hydrogen-bond acceptors (Lipinski definition) is 3.